The van der Waals surface area contributed by atoms with E-state index in [1.165, 1.54) is 13.2 Å². The zero-order valence-electron chi connectivity index (χ0n) is 9.18. The molecule has 0 bridgehead atoms. The first-order valence-corrected chi connectivity index (χ1v) is 4.98. The van der Waals surface area contributed by atoms with Crippen LogP contribution in [0.2, 0.25) is 0 Å². The number of carbonyl (C=O) groups is 1. The zero-order valence-corrected chi connectivity index (χ0v) is 9.18. The first-order valence-electron chi connectivity index (χ1n) is 4.98. The van der Waals surface area contributed by atoms with Crippen molar-refractivity contribution in [1.29, 1.82) is 0 Å². The molecule has 0 N–H and O–H groups in total. The molecule has 0 saturated heterocycles. The molecule has 1 aromatic carbocycles. The predicted octanol–water partition coefficient (Wildman–Crippen LogP) is 2.71. The number of hydrogen-bond donors (Lipinski definition) is 0. The molecule has 2 rings (SSSR count). The summed E-state index contributed by atoms with van der Waals surface area (Å²) in [6, 6.07) is 5.99. The molecule has 0 aliphatic heterocycles. The summed E-state index contributed by atoms with van der Waals surface area (Å²) in [5.41, 5.74) is 1.31. The van der Waals surface area contributed by atoms with Crippen LogP contribution in [0.5, 0.6) is 5.75 Å². The lowest BCUT2D eigenvalue weighted by atomic mass is 10.1. The van der Waals surface area contributed by atoms with Crippen molar-refractivity contribution in [3.8, 4) is 16.9 Å². The zero-order chi connectivity index (χ0) is 12.3. The van der Waals surface area contributed by atoms with Gasteiger partial charge >= 0.3 is 0 Å². The Morgan fingerprint density at radius 1 is 1.29 bits per heavy atom. The van der Waals surface area contributed by atoms with Gasteiger partial charge in [-0.25, -0.2) is 4.39 Å². The lowest BCUT2D eigenvalue weighted by Gasteiger charge is -2.05. The SMILES string of the molecule is COc1cncc(-c2ccc(C=O)cc2F)c1. The highest BCUT2D eigenvalue weighted by molar-refractivity contribution is 5.77. The minimum absolute atomic E-state index is 0.308. The molecule has 2 aromatic rings. The van der Waals surface area contributed by atoms with Crippen molar-refractivity contribution in [1.82, 2.24) is 4.98 Å². The van der Waals surface area contributed by atoms with E-state index in [4.69, 9.17) is 4.74 Å². The Bertz CT molecular complexity index is 555. The summed E-state index contributed by atoms with van der Waals surface area (Å²) in [5.74, 6) is 0.103. The maximum absolute atomic E-state index is 13.7. The van der Waals surface area contributed by atoms with E-state index in [9.17, 15) is 9.18 Å². The molecule has 0 aliphatic rings. The lowest BCUT2D eigenvalue weighted by molar-refractivity contribution is 0.112. The molecule has 17 heavy (non-hydrogen) atoms. The molecule has 86 valence electrons. The molecule has 0 unspecified atom stereocenters. The third kappa shape index (κ3) is 2.30. The Balaban J connectivity index is 2.48. The van der Waals surface area contributed by atoms with Gasteiger partial charge in [-0.3, -0.25) is 9.78 Å². The first kappa shape index (κ1) is 11.3. The van der Waals surface area contributed by atoms with Gasteiger partial charge in [0.2, 0.25) is 0 Å². The van der Waals surface area contributed by atoms with E-state index < -0.39 is 5.82 Å². The van der Waals surface area contributed by atoms with Gasteiger partial charge in [-0.15, -0.1) is 0 Å². The van der Waals surface area contributed by atoms with Crippen LogP contribution in [-0.4, -0.2) is 18.4 Å². The standard InChI is InChI=1S/C13H10FNO2/c1-17-11-5-10(6-15-7-11)12-3-2-9(8-16)4-13(12)14/h2-8H,1H3. The highest BCUT2D eigenvalue weighted by atomic mass is 19.1. The number of halogens is 1. The largest absolute Gasteiger partial charge is 0.495 e. The number of methoxy groups -OCH3 is 1. The number of benzene rings is 1. The summed E-state index contributed by atoms with van der Waals surface area (Å²) in [4.78, 5) is 14.5. The smallest absolute Gasteiger partial charge is 0.150 e. The minimum Gasteiger partial charge on any atom is -0.495 e. The van der Waals surface area contributed by atoms with E-state index in [0.29, 0.717) is 28.7 Å². The number of rotatable bonds is 3. The number of nitrogens with zero attached hydrogens (tertiary/aromatic N) is 1. The van der Waals surface area contributed by atoms with Crippen LogP contribution in [0.1, 0.15) is 10.4 Å². The van der Waals surface area contributed by atoms with Crippen LogP contribution in [0.25, 0.3) is 11.1 Å². The average Bonchev–Trinajstić information content (AvgIpc) is 2.38. The molecule has 0 amide bonds. The topological polar surface area (TPSA) is 39.2 Å². The fourth-order valence-corrected chi connectivity index (χ4v) is 1.52. The number of ether oxygens (including phenoxy) is 1. The molecule has 0 fully saturated rings. The van der Waals surface area contributed by atoms with Crippen LogP contribution in [0.15, 0.2) is 36.7 Å². The van der Waals surface area contributed by atoms with Crippen LogP contribution < -0.4 is 4.74 Å². The summed E-state index contributed by atoms with van der Waals surface area (Å²) in [7, 11) is 1.52. The molecule has 0 radical (unpaired) electrons. The number of carbonyl (C=O) groups excluding carboxylic acids is 1. The maximum atomic E-state index is 13.7. The predicted molar refractivity (Wildman–Crippen MR) is 61.6 cm³/mol. The Hall–Kier alpha value is -2.23. The van der Waals surface area contributed by atoms with Gasteiger partial charge in [0.05, 0.1) is 13.3 Å². The van der Waals surface area contributed by atoms with E-state index in [-0.39, 0.29) is 0 Å². The monoisotopic (exact) mass is 231 g/mol. The van der Waals surface area contributed by atoms with Crippen LogP contribution >= 0.6 is 0 Å². The third-order valence-corrected chi connectivity index (χ3v) is 2.39. The molecule has 0 saturated carbocycles. The van der Waals surface area contributed by atoms with Gasteiger partial charge in [0.1, 0.15) is 17.9 Å². The molecule has 1 aromatic heterocycles. The highest BCUT2D eigenvalue weighted by Gasteiger charge is 2.07. The van der Waals surface area contributed by atoms with E-state index in [0.717, 1.165) is 0 Å². The lowest BCUT2D eigenvalue weighted by Crippen LogP contribution is -1.90. The van der Waals surface area contributed by atoms with Crippen molar-refractivity contribution in [2.24, 2.45) is 0 Å². The molecule has 3 nitrogen and oxygen atoms in total. The number of aromatic nitrogens is 1. The number of pyridine rings is 1. The van der Waals surface area contributed by atoms with Gasteiger partial charge in [-0.2, -0.15) is 0 Å². The van der Waals surface area contributed by atoms with Crippen LogP contribution in [0.4, 0.5) is 4.39 Å². The minimum atomic E-state index is -0.454. The summed E-state index contributed by atoms with van der Waals surface area (Å²) in [6.45, 7) is 0. The molecule has 4 heteroatoms. The van der Waals surface area contributed by atoms with Gasteiger partial charge in [-0.05, 0) is 12.1 Å². The molecule has 0 atom stereocenters. The van der Waals surface area contributed by atoms with Crippen molar-refractivity contribution >= 4 is 6.29 Å². The fraction of sp³-hybridized carbons (Fsp3) is 0.0769. The molecule has 1 heterocycles. The summed E-state index contributed by atoms with van der Waals surface area (Å²) in [6.07, 6.45) is 3.69. The second-order valence-electron chi connectivity index (χ2n) is 3.47. The second-order valence-corrected chi connectivity index (χ2v) is 3.47. The van der Waals surface area contributed by atoms with E-state index in [1.807, 2.05) is 0 Å². The first-order chi connectivity index (χ1) is 8.24. The van der Waals surface area contributed by atoms with Gasteiger partial charge in [0, 0.05) is 22.9 Å². The maximum Gasteiger partial charge on any atom is 0.150 e. The van der Waals surface area contributed by atoms with Crippen molar-refractivity contribution in [3.05, 3.63) is 48.0 Å². The van der Waals surface area contributed by atoms with Crippen molar-refractivity contribution < 1.29 is 13.9 Å². The molecular weight excluding hydrogens is 221 g/mol. The van der Waals surface area contributed by atoms with E-state index in [2.05, 4.69) is 4.98 Å². The van der Waals surface area contributed by atoms with Crippen LogP contribution in [-0.2, 0) is 0 Å². The van der Waals surface area contributed by atoms with Crippen LogP contribution in [0.3, 0.4) is 0 Å². The van der Waals surface area contributed by atoms with Crippen molar-refractivity contribution in [2.45, 2.75) is 0 Å². The van der Waals surface area contributed by atoms with Crippen LogP contribution in [0, 0.1) is 5.82 Å². The van der Waals surface area contributed by atoms with Gasteiger partial charge in [0.25, 0.3) is 0 Å². The number of hydrogen-bond acceptors (Lipinski definition) is 3. The summed E-state index contributed by atoms with van der Waals surface area (Å²) >= 11 is 0. The number of aldehydes is 1. The molecule has 0 aliphatic carbocycles. The molecule has 0 spiro atoms. The molecular formula is C13H10FNO2. The Labute approximate surface area is 97.9 Å². The Morgan fingerprint density at radius 3 is 2.76 bits per heavy atom. The van der Waals surface area contributed by atoms with Gasteiger partial charge < -0.3 is 4.74 Å². The van der Waals surface area contributed by atoms with Gasteiger partial charge in [0.15, 0.2) is 0 Å². The summed E-state index contributed by atoms with van der Waals surface area (Å²) < 4.78 is 18.8. The second kappa shape index (κ2) is 4.74. The van der Waals surface area contributed by atoms with E-state index >= 15 is 0 Å². The van der Waals surface area contributed by atoms with Gasteiger partial charge in [-0.1, -0.05) is 12.1 Å². The highest BCUT2D eigenvalue weighted by Crippen LogP contribution is 2.25. The van der Waals surface area contributed by atoms with E-state index in [1.54, 1.807) is 30.6 Å². The fourth-order valence-electron chi connectivity index (χ4n) is 1.52. The summed E-state index contributed by atoms with van der Waals surface area (Å²) in [5, 5.41) is 0. The Morgan fingerprint density at radius 2 is 2.12 bits per heavy atom. The third-order valence-electron chi connectivity index (χ3n) is 2.39. The quantitative estimate of drug-likeness (QED) is 0.762. The van der Waals surface area contributed by atoms with Crippen molar-refractivity contribution in [2.75, 3.05) is 7.11 Å². The normalized spacial score (nSPS) is 10.0. The average molecular weight is 231 g/mol. The van der Waals surface area contributed by atoms with Crippen molar-refractivity contribution in [3.63, 3.8) is 0 Å². The Kier molecular flexibility index (Phi) is 3.14.